The molecule has 7 nitrogen and oxygen atoms in total. The average molecular weight is 550 g/mol. The predicted molar refractivity (Wildman–Crippen MR) is 157 cm³/mol. The van der Waals surface area contributed by atoms with Crippen LogP contribution in [0.2, 0.25) is 0 Å². The Labute approximate surface area is 237 Å². The van der Waals surface area contributed by atoms with Crippen LogP contribution >= 0.6 is 0 Å². The summed E-state index contributed by atoms with van der Waals surface area (Å²) in [5, 5.41) is 11.1. The zero-order valence-corrected chi connectivity index (χ0v) is 25.9. The number of ketones is 2. The van der Waals surface area contributed by atoms with Crippen LogP contribution in [0.15, 0.2) is 18.2 Å². The van der Waals surface area contributed by atoms with Gasteiger partial charge in [0.25, 0.3) is 0 Å². The Hall–Kier alpha value is -1.96. The summed E-state index contributed by atoms with van der Waals surface area (Å²) in [6.07, 6.45) is 2.64. The first-order valence-electron chi connectivity index (χ1n) is 14.5. The summed E-state index contributed by atoms with van der Waals surface area (Å²) in [6.45, 7) is 14.9. The zero-order chi connectivity index (χ0) is 29.8. The van der Waals surface area contributed by atoms with E-state index in [1.54, 1.807) is 21.1 Å². The maximum Gasteiger partial charge on any atom is 0.161 e. The van der Waals surface area contributed by atoms with Gasteiger partial charge >= 0.3 is 0 Å². The number of hydrogen-bond acceptors (Lipinski definition) is 7. The van der Waals surface area contributed by atoms with Crippen LogP contribution in [-0.2, 0) is 20.7 Å². The van der Waals surface area contributed by atoms with E-state index in [2.05, 4.69) is 13.8 Å². The minimum Gasteiger partial charge on any atom is -0.493 e. The molecule has 1 rings (SSSR count). The minimum absolute atomic E-state index is 0.0832. The number of benzene rings is 1. The van der Waals surface area contributed by atoms with E-state index in [9.17, 15) is 14.7 Å². The Balaban J connectivity index is 2.87. The number of Topliss-reactive ketones (excluding diaryl/α,β-unsaturated/α-hetero) is 2. The van der Waals surface area contributed by atoms with Crippen molar-refractivity contribution in [2.45, 2.75) is 99.1 Å². The Morgan fingerprint density at radius 3 is 2.21 bits per heavy atom. The second kappa shape index (κ2) is 17.0. The molecule has 0 saturated heterocycles. The molecule has 0 bridgehead atoms. The van der Waals surface area contributed by atoms with Gasteiger partial charge in [0.05, 0.1) is 19.8 Å². The van der Waals surface area contributed by atoms with Crippen LogP contribution < -0.4 is 15.2 Å². The van der Waals surface area contributed by atoms with Gasteiger partial charge in [-0.05, 0) is 68.1 Å². The van der Waals surface area contributed by atoms with Gasteiger partial charge in [-0.15, -0.1) is 0 Å². The molecule has 3 N–H and O–H groups in total. The van der Waals surface area contributed by atoms with E-state index in [-0.39, 0.29) is 29.3 Å². The second-order valence-electron chi connectivity index (χ2n) is 12.3. The Morgan fingerprint density at radius 1 is 1.00 bits per heavy atom. The molecular weight excluding hydrogens is 494 g/mol. The van der Waals surface area contributed by atoms with Gasteiger partial charge in [-0.1, -0.05) is 47.6 Å². The monoisotopic (exact) mass is 549 g/mol. The largest absolute Gasteiger partial charge is 0.493 e. The molecule has 0 aliphatic heterocycles. The van der Waals surface area contributed by atoms with Crippen molar-refractivity contribution in [2.75, 3.05) is 27.4 Å². The zero-order valence-electron chi connectivity index (χ0n) is 25.9. The van der Waals surface area contributed by atoms with Gasteiger partial charge in [0.1, 0.15) is 11.6 Å². The first-order valence-corrected chi connectivity index (χ1v) is 14.5. The Bertz CT molecular complexity index is 881. The average Bonchev–Trinajstić information content (AvgIpc) is 2.87. The topological polar surface area (TPSA) is 108 Å². The summed E-state index contributed by atoms with van der Waals surface area (Å²) >= 11 is 0. The molecule has 0 saturated carbocycles. The molecule has 0 unspecified atom stereocenters. The molecule has 224 valence electrons. The summed E-state index contributed by atoms with van der Waals surface area (Å²) in [6, 6.07) is 5.56. The third-order valence-electron chi connectivity index (χ3n) is 8.15. The van der Waals surface area contributed by atoms with Gasteiger partial charge in [0, 0.05) is 43.9 Å². The van der Waals surface area contributed by atoms with Gasteiger partial charge in [0.15, 0.2) is 11.5 Å². The second-order valence-corrected chi connectivity index (χ2v) is 12.3. The number of hydrogen-bond donors (Lipinski definition) is 2. The molecule has 0 radical (unpaired) electrons. The lowest BCUT2D eigenvalue weighted by Crippen LogP contribution is -2.40. The number of aliphatic hydroxyl groups is 1. The van der Waals surface area contributed by atoms with Crippen molar-refractivity contribution in [3.05, 3.63) is 23.8 Å². The number of nitrogens with two attached hydrogens (primary N) is 1. The normalized spacial score (nSPS) is 15.2. The first-order chi connectivity index (χ1) is 18.2. The maximum atomic E-state index is 13.1. The van der Waals surface area contributed by atoms with Crippen LogP contribution in [0.25, 0.3) is 0 Å². The Morgan fingerprint density at radius 2 is 1.67 bits per heavy atom. The van der Waals surface area contributed by atoms with Gasteiger partial charge < -0.3 is 25.1 Å². The van der Waals surface area contributed by atoms with Crippen LogP contribution in [0.1, 0.15) is 86.1 Å². The molecule has 7 heteroatoms. The van der Waals surface area contributed by atoms with Crippen molar-refractivity contribution in [2.24, 2.45) is 34.8 Å². The molecule has 0 aliphatic rings. The number of methoxy groups -OCH3 is 2. The molecule has 0 amide bonds. The van der Waals surface area contributed by atoms with E-state index in [1.165, 1.54) is 0 Å². The SMILES string of the molecule is COCCCOc1cc(C[C@@H](C[C@H](N)[C@@H](O)C[C@H](C(=O)CCC(C)(C)C(C)=O)C(C)C)C(C)C)ccc1OC. The van der Waals surface area contributed by atoms with E-state index in [4.69, 9.17) is 19.9 Å². The number of carbonyl (C=O) groups excluding carboxylic acids is 2. The predicted octanol–water partition coefficient (Wildman–Crippen LogP) is 5.63. The lowest BCUT2D eigenvalue weighted by atomic mass is 9.77. The molecule has 0 fully saturated rings. The van der Waals surface area contributed by atoms with Gasteiger partial charge in [-0.2, -0.15) is 0 Å². The molecule has 39 heavy (non-hydrogen) atoms. The van der Waals surface area contributed by atoms with Crippen molar-refractivity contribution >= 4 is 11.6 Å². The summed E-state index contributed by atoms with van der Waals surface area (Å²) in [5.74, 6) is 1.99. The van der Waals surface area contributed by atoms with Crippen LogP contribution in [0.4, 0.5) is 0 Å². The van der Waals surface area contributed by atoms with E-state index >= 15 is 0 Å². The van der Waals surface area contributed by atoms with Crippen LogP contribution in [0.5, 0.6) is 11.5 Å². The third kappa shape index (κ3) is 12.0. The molecule has 0 aliphatic carbocycles. The summed E-state index contributed by atoms with van der Waals surface area (Å²) in [5.41, 5.74) is 7.15. The molecule has 0 spiro atoms. The fourth-order valence-corrected chi connectivity index (χ4v) is 4.75. The van der Waals surface area contributed by atoms with E-state index in [0.717, 1.165) is 18.4 Å². The molecule has 1 aromatic rings. The molecule has 4 atom stereocenters. The van der Waals surface area contributed by atoms with E-state index in [0.29, 0.717) is 56.3 Å². The van der Waals surface area contributed by atoms with Crippen molar-refractivity contribution in [1.29, 1.82) is 0 Å². The number of aliphatic hydroxyl groups excluding tert-OH is 1. The minimum atomic E-state index is -0.779. The van der Waals surface area contributed by atoms with Gasteiger partial charge in [-0.25, -0.2) is 0 Å². The van der Waals surface area contributed by atoms with Gasteiger partial charge in [0.2, 0.25) is 0 Å². The summed E-state index contributed by atoms with van der Waals surface area (Å²) < 4.78 is 16.5. The first kappa shape index (κ1) is 35.1. The highest BCUT2D eigenvalue weighted by atomic mass is 16.5. The van der Waals surface area contributed by atoms with E-state index < -0.39 is 17.6 Å². The summed E-state index contributed by atoms with van der Waals surface area (Å²) in [4.78, 5) is 25.0. The van der Waals surface area contributed by atoms with Crippen molar-refractivity contribution in [3.8, 4) is 11.5 Å². The number of ether oxygens (including phenoxy) is 3. The van der Waals surface area contributed by atoms with Crippen LogP contribution in [0.3, 0.4) is 0 Å². The fraction of sp³-hybridized carbons (Fsp3) is 0.750. The highest BCUT2D eigenvalue weighted by Gasteiger charge is 2.31. The van der Waals surface area contributed by atoms with E-state index in [1.807, 2.05) is 45.9 Å². The number of rotatable bonds is 20. The smallest absolute Gasteiger partial charge is 0.161 e. The standard InChI is InChI=1S/C32H55NO6/c1-21(2)25(17-24-11-12-30(38-9)31(18-24)39-16-10-15-37-8)19-27(33)29(36)20-26(22(3)4)28(35)13-14-32(6,7)23(5)34/h11-12,18,21-22,25-27,29,36H,10,13-17,19-20,33H2,1-9H3/t25-,26-,27-,29-/m0/s1. The molecule has 0 aromatic heterocycles. The highest BCUT2D eigenvalue weighted by molar-refractivity contribution is 5.84. The summed E-state index contributed by atoms with van der Waals surface area (Å²) in [7, 11) is 3.31. The van der Waals surface area contributed by atoms with Crippen molar-refractivity contribution in [1.82, 2.24) is 0 Å². The Kier molecular flexibility index (Phi) is 15.3. The quantitative estimate of drug-likeness (QED) is 0.203. The van der Waals surface area contributed by atoms with Crippen LogP contribution in [-0.4, -0.2) is 56.3 Å². The third-order valence-corrected chi connectivity index (χ3v) is 8.15. The van der Waals surface area contributed by atoms with Crippen molar-refractivity contribution < 1.29 is 28.9 Å². The maximum absolute atomic E-state index is 13.1. The highest BCUT2D eigenvalue weighted by Crippen LogP contribution is 2.32. The number of carbonyl (C=O) groups is 2. The van der Waals surface area contributed by atoms with Gasteiger partial charge in [-0.3, -0.25) is 9.59 Å². The molecule has 0 heterocycles. The molecule has 1 aromatic carbocycles. The fourth-order valence-electron chi connectivity index (χ4n) is 4.75. The van der Waals surface area contributed by atoms with Crippen molar-refractivity contribution in [3.63, 3.8) is 0 Å². The molecular formula is C32H55NO6. The lowest BCUT2D eigenvalue weighted by Gasteiger charge is -2.30. The van der Waals surface area contributed by atoms with Crippen LogP contribution in [0, 0.1) is 29.1 Å². The lowest BCUT2D eigenvalue weighted by molar-refractivity contribution is -0.128.